The molecule has 2 rings (SSSR count). The second kappa shape index (κ2) is 4.31. The third-order valence-electron chi connectivity index (χ3n) is 3.49. The number of aromatic nitrogens is 1. The van der Waals surface area contributed by atoms with Crippen molar-refractivity contribution in [3.8, 4) is 0 Å². The van der Waals surface area contributed by atoms with Gasteiger partial charge in [-0.1, -0.05) is 13.0 Å². The fourth-order valence-corrected chi connectivity index (χ4v) is 2.57. The van der Waals surface area contributed by atoms with Crippen LogP contribution in [0.15, 0.2) is 18.5 Å². The van der Waals surface area contributed by atoms with Gasteiger partial charge in [0.15, 0.2) is 0 Å². The van der Waals surface area contributed by atoms with Crippen molar-refractivity contribution in [1.29, 1.82) is 0 Å². The Labute approximate surface area is 91.9 Å². The minimum atomic E-state index is 0.324. The highest BCUT2D eigenvalue weighted by Gasteiger charge is 2.27. The van der Waals surface area contributed by atoms with Crippen molar-refractivity contribution in [2.75, 3.05) is 0 Å². The summed E-state index contributed by atoms with van der Waals surface area (Å²) in [5.41, 5.74) is 8.76. The molecular weight excluding hydrogens is 184 g/mol. The van der Waals surface area contributed by atoms with Gasteiger partial charge in [-0.15, -0.1) is 0 Å². The topological polar surface area (TPSA) is 38.9 Å². The Morgan fingerprint density at radius 2 is 2.13 bits per heavy atom. The quantitative estimate of drug-likeness (QED) is 0.763. The zero-order valence-corrected chi connectivity index (χ0v) is 9.61. The number of hydrogen-bond acceptors (Lipinski definition) is 2. The molecule has 1 aliphatic rings. The van der Waals surface area contributed by atoms with Gasteiger partial charge in [0.25, 0.3) is 0 Å². The number of pyridine rings is 1. The fraction of sp³-hybridized carbons (Fsp3) is 0.615. The molecule has 2 heteroatoms. The second-order valence-corrected chi connectivity index (χ2v) is 4.98. The van der Waals surface area contributed by atoms with E-state index in [9.17, 15) is 0 Å². The highest BCUT2D eigenvalue weighted by atomic mass is 14.7. The Bertz CT molecular complexity index is 335. The molecular formula is C13H20N2. The van der Waals surface area contributed by atoms with E-state index in [0.717, 1.165) is 12.3 Å². The molecule has 3 unspecified atom stereocenters. The molecule has 3 atom stereocenters. The maximum Gasteiger partial charge on any atom is 0.0303 e. The minimum absolute atomic E-state index is 0.324. The van der Waals surface area contributed by atoms with Gasteiger partial charge in [0, 0.05) is 24.4 Å². The summed E-state index contributed by atoms with van der Waals surface area (Å²) in [7, 11) is 0. The third kappa shape index (κ3) is 2.37. The van der Waals surface area contributed by atoms with E-state index in [0.29, 0.717) is 12.0 Å². The van der Waals surface area contributed by atoms with Gasteiger partial charge in [-0.2, -0.15) is 0 Å². The molecule has 0 aliphatic heterocycles. The van der Waals surface area contributed by atoms with Crippen molar-refractivity contribution in [1.82, 2.24) is 4.98 Å². The average Bonchev–Trinajstić information content (AvgIpc) is 2.22. The molecule has 1 aliphatic carbocycles. The predicted octanol–water partition coefficient (Wildman–Crippen LogP) is 2.62. The van der Waals surface area contributed by atoms with Crippen molar-refractivity contribution >= 4 is 0 Å². The van der Waals surface area contributed by atoms with E-state index in [1.165, 1.54) is 24.0 Å². The van der Waals surface area contributed by atoms with Crippen LogP contribution >= 0.6 is 0 Å². The van der Waals surface area contributed by atoms with Gasteiger partial charge in [-0.3, -0.25) is 4.98 Å². The van der Waals surface area contributed by atoms with Crippen LogP contribution < -0.4 is 5.73 Å². The summed E-state index contributed by atoms with van der Waals surface area (Å²) in [6.07, 6.45) is 7.53. The summed E-state index contributed by atoms with van der Waals surface area (Å²) in [4.78, 5) is 4.26. The lowest BCUT2D eigenvalue weighted by Crippen LogP contribution is -2.34. The molecule has 1 heterocycles. The Morgan fingerprint density at radius 1 is 1.33 bits per heavy atom. The summed E-state index contributed by atoms with van der Waals surface area (Å²) < 4.78 is 0. The second-order valence-electron chi connectivity index (χ2n) is 4.98. The van der Waals surface area contributed by atoms with E-state index in [2.05, 4.69) is 24.9 Å². The Morgan fingerprint density at radius 3 is 2.87 bits per heavy atom. The lowest BCUT2D eigenvalue weighted by atomic mass is 9.76. The molecule has 82 valence electrons. The number of rotatable bonds is 1. The van der Waals surface area contributed by atoms with Crippen LogP contribution in [0.1, 0.15) is 43.2 Å². The van der Waals surface area contributed by atoms with E-state index in [-0.39, 0.29) is 0 Å². The van der Waals surface area contributed by atoms with E-state index in [1.54, 1.807) is 0 Å². The zero-order valence-electron chi connectivity index (χ0n) is 9.61. The van der Waals surface area contributed by atoms with Crippen LogP contribution in [0.2, 0.25) is 0 Å². The Kier molecular flexibility index (Phi) is 3.06. The van der Waals surface area contributed by atoms with Crippen molar-refractivity contribution in [3.05, 3.63) is 29.6 Å². The molecule has 1 fully saturated rings. The number of nitrogens with zero attached hydrogens (tertiary/aromatic N) is 1. The van der Waals surface area contributed by atoms with Crippen LogP contribution in [0.25, 0.3) is 0 Å². The maximum atomic E-state index is 6.20. The van der Waals surface area contributed by atoms with E-state index < -0.39 is 0 Å². The monoisotopic (exact) mass is 204 g/mol. The van der Waals surface area contributed by atoms with E-state index in [4.69, 9.17) is 5.73 Å². The molecule has 0 radical (unpaired) electrons. The van der Waals surface area contributed by atoms with Gasteiger partial charge in [0.05, 0.1) is 0 Å². The van der Waals surface area contributed by atoms with Gasteiger partial charge in [0.2, 0.25) is 0 Å². The SMILES string of the molecule is Cc1cncc(C2CC(C)CCC2N)c1. The van der Waals surface area contributed by atoms with Crippen LogP contribution in [0.3, 0.4) is 0 Å². The molecule has 1 aromatic heterocycles. The summed E-state index contributed by atoms with van der Waals surface area (Å²) in [5.74, 6) is 1.32. The molecule has 15 heavy (non-hydrogen) atoms. The number of aryl methyl sites for hydroxylation is 1. The lowest BCUT2D eigenvalue weighted by Gasteiger charge is -2.32. The first kappa shape index (κ1) is 10.6. The van der Waals surface area contributed by atoms with Crippen LogP contribution in [0.5, 0.6) is 0 Å². The Balaban J connectivity index is 2.21. The minimum Gasteiger partial charge on any atom is -0.327 e. The first-order valence-corrected chi connectivity index (χ1v) is 5.84. The predicted molar refractivity (Wildman–Crippen MR) is 62.7 cm³/mol. The molecule has 1 aromatic rings. The largest absolute Gasteiger partial charge is 0.327 e. The van der Waals surface area contributed by atoms with E-state index in [1.807, 2.05) is 12.4 Å². The van der Waals surface area contributed by atoms with Crippen molar-refractivity contribution < 1.29 is 0 Å². The molecule has 0 saturated heterocycles. The molecule has 0 spiro atoms. The number of hydrogen-bond donors (Lipinski definition) is 1. The highest BCUT2D eigenvalue weighted by Crippen LogP contribution is 2.35. The summed E-state index contributed by atoms with van der Waals surface area (Å²) >= 11 is 0. The Hall–Kier alpha value is -0.890. The maximum absolute atomic E-state index is 6.20. The zero-order chi connectivity index (χ0) is 10.8. The first-order valence-electron chi connectivity index (χ1n) is 5.84. The van der Waals surface area contributed by atoms with Crippen molar-refractivity contribution in [3.63, 3.8) is 0 Å². The fourth-order valence-electron chi connectivity index (χ4n) is 2.57. The third-order valence-corrected chi connectivity index (χ3v) is 3.49. The van der Waals surface area contributed by atoms with Gasteiger partial charge < -0.3 is 5.73 Å². The number of nitrogens with two attached hydrogens (primary N) is 1. The first-order chi connectivity index (χ1) is 7.16. The van der Waals surface area contributed by atoms with E-state index >= 15 is 0 Å². The normalized spacial score (nSPS) is 31.5. The molecule has 2 N–H and O–H groups in total. The van der Waals surface area contributed by atoms with Crippen LogP contribution in [0.4, 0.5) is 0 Å². The highest BCUT2D eigenvalue weighted by molar-refractivity contribution is 5.22. The molecule has 2 nitrogen and oxygen atoms in total. The van der Waals surface area contributed by atoms with Crippen LogP contribution in [0, 0.1) is 12.8 Å². The van der Waals surface area contributed by atoms with Gasteiger partial charge in [0.1, 0.15) is 0 Å². The standard InChI is InChI=1S/C13H20N2/c1-9-3-4-13(14)12(6-9)11-5-10(2)7-15-8-11/h5,7-9,12-13H,3-4,6,14H2,1-2H3. The van der Waals surface area contributed by atoms with Crippen molar-refractivity contribution in [2.24, 2.45) is 11.7 Å². The average molecular weight is 204 g/mol. The smallest absolute Gasteiger partial charge is 0.0303 e. The van der Waals surface area contributed by atoms with Crippen molar-refractivity contribution in [2.45, 2.75) is 45.1 Å². The molecule has 1 saturated carbocycles. The molecule has 0 aromatic carbocycles. The summed E-state index contributed by atoms with van der Waals surface area (Å²) in [6.45, 7) is 4.41. The van der Waals surface area contributed by atoms with Crippen LogP contribution in [-0.2, 0) is 0 Å². The summed E-state index contributed by atoms with van der Waals surface area (Å²) in [5, 5.41) is 0. The van der Waals surface area contributed by atoms with Gasteiger partial charge >= 0.3 is 0 Å². The lowest BCUT2D eigenvalue weighted by molar-refractivity contribution is 0.306. The van der Waals surface area contributed by atoms with Gasteiger partial charge in [-0.25, -0.2) is 0 Å². The molecule has 0 amide bonds. The van der Waals surface area contributed by atoms with Crippen LogP contribution in [-0.4, -0.2) is 11.0 Å². The van der Waals surface area contributed by atoms with Gasteiger partial charge in [-0.05, 0) is 43.2 Å². The summed E-state index contributed by atoms with van der Waals surface area (Å²) in [6, 6.07) is 2.56. The molecule has 0 bridgehead atoms.